The predicted molar refractivity (Wildman–Crippen MR) is 106 cm³/mol. The SMILES string of the molecule is CC1CCN(c2cc(C3=CCN(C(=O)OI)CC3)ccc2N)CC1. The quantitative estimate of drug-likeness (QED) is 0.555. The van der Waals surface area contributed by atoms with Crippen LogP contribution in [0.3, 0.4) is 0 Å². The Bertz CT molecular complexity index is 639. The number of piperidine rings is 1. The van der Waals surface area contributed by atoms with Crippen molar-refractivity contribution in [2.45, 2.75) is 26.2 Å². The molecule has 3 rings (SSSR count). The number of nitrogens with zero attached hydrogens (tertiary/aromatic N) is 2. The van der Waals surface area contributed by atoms with Gasteiger partial charge in [0.1, 0.15) is 0 Å². The van der Waals surface area contributed by atoms with Crippen molar-refractivity contribution in [3.63, 3.8) is 0 Å². The molecule has 2 N–H and O–H groups in total. The van der Waals surface area contributed by atoms with E-state index in [2.05, 4.69) is 30.0 Å². The summed E-state index contributed by atoms with van der Waals surface area (Å²) in [7, 11) is 0. The Labute approximate surface area is 157 Å². The van der Waals surface area contributed by atoms with E-state index in [1.54, 1.807) is 27.9 Å². The van der Waals surface area contributed by atoms with Gasteiger partial charge in [-0.25, -0.2) is 4.79 Å². The molecule has 6 heteroatoms. The Balaban J connectivity index is 1.77. The van der Waals surface area contributed by atoms with Crippen LogP contribution in [0.15, 0.2) is 24.3 Å². The van der Waals surface area contributed by atoms with Gasteiger partial charge in [0.15, 0.2) is 23.0 Å². The molecule has 0 bridgehead atoms. The monoisotopic (exact) mass is 441 g/mol. The number of amides is 1. The van der Waals surface area contributed by atoms with Crippen LogP contribution in [0.5, 0.6) is 0 Å². The van der Waals surface area contributed by atoms with Crippen molar-refractivity contribution in [1.29, 1.82) is 0 Å². The van der Waals surface area contributed by atoms with E-state index >= 15 is 0 Å². The molecule has 0 spiro atoms. The number of benzene rings is 1. The fraction of sp³-hybridized carbons (Fsp3) is 0.500. The van der Waals surface area contributed by atoms with E-state index in [1.807, 2.05) is 6.07 Å². The maximum atomic E-state index is 11.6. The van der Waals surface area contributed by atoms with Crippen LogP contribution in [0.2, 0.25) is 0 Å². The molecule has 1 aromatic rings. The van der Waals surface area contributed by atoms with E-state index in [4.69, 9.17) is 8.80 Å². The molecule has 0 unspecified atom stereocenters. The van der Waals surface area contributed by atoms with Crippen molar-refractivity contribution in [3.8, 4) is 0 Å². The van der Waals surface area contributed by atoms with Gasteiger partial charge in [-0.15, -0.1) is 0 Å². The van der Waals surface area contributed by atoms with Gasteiger partial charge in [-0.2, -0.15) is 0 Å². The van der Waals surface area contributed by atoms with E-state index < -0.39 is 0 Å². The summed E-state index contributed by atoms with van der Waals surface area (Å²) < 4.78 is 4.76. The molecule has 2 heterocycles. The van der Waals surface area contributed by atoms with Crippen LogP contribution in [-0.4, -0.2) is 37.2 Å². The van der Waals surface area contributed by atoms with Gasteiger partial charge in [0.05, 0.1) is 11.4 Å². The molecule has 1 amide bonds. The first-order valence-electron chi connectivity index (χ1n) is 8.50. The molecule has 1 saturated heterocycles. The van der Waals surface area contributed by atoms with E-state index in [0.717, 1.165) is 36.8 Å². The molecular weight excluding hydrogens is 417 g/mol. The zero-order chi connectivity index (χ0) is 17.1. The molecule has 0 atom stereocenters. The topological polar surface area (TPSA) is 58.8 Å². The highest BCUT2D eigenvalue weighted by molar-refractivity contribution is 14.1. The van der Waals surface area contributed by atoms with Crippen LogP contribution in [0.1, 0.15) is 31.7 Å². The van der Waals surface area contributed by atoms with Crippen molar-refractivity contribution in [2.75, 3.05) is 36.8 Å². The smallest absolute Gasteiger partial charge is 0.397 e. The molecule has 130 valence electrons. The van der Waals surface area contributed by atoms with Gasteiger partial charge in [-0.3, -0.25) is 0 Å². The first-order valence-corrected chi connectivity index (χ1v) is 9.38. The minimum atomic E-state index is -0.272. The Hall–Kier alpha value is -1.44. The van der Waals surface area contributed by atoms with E-state index in [-0.39, 0.29) is 6.09 Å². The molecule has 1 fully saturated rings. The normalized spacial score (nSPS) is 19.2. The molecule has 0 saturated carbocycles. The summed E-state index contributed by atoms with van der Waals surface area (Å²) >= 11 is 1.64. The van der Waals surface area contributed by atoms with Crippen LogP contribution < -0.4 is 10.6 Å². The number of nitrogens with two attached hydrogens (primary N) is 1. The van der Waals surface area contributed by atoms with Gasteiger partial charge < -0.3 is 18.6 Å². The zero-order valence-corrected chi connectivity index (χ0v) is 16.2. The van der Waals surface area contributed by atoms with Gasteiger partial charge in [-0.1, -0.05) is 19.1 Å². The summed E-state index contributed by atoms with van der Waals surface area (Å²) in [5.41, 5.74) is 10.7. The number of hydrogen-bond donors (Lipinski definition) is 1. The minimum Gasteiger partial charge on any atom is -0.397 e. The zero-order valence-electron chi connectivity index (χ0n) is 14.0. The third-order valence-corrected chi connectivity index (χ3v) is 5.44. The molecule has 0 radical (unpaired) electrons. The molecule has 2 aliphatic heterocycles. The summed E-state index contributed by atoms with van der Waals surface area (Å²) in [6.07, 6.45) is 5.13. The number of carbonyl (C=O) groups is 1. The fourth-order valence-corrected chi connectivity index (χ4v) is 3.69. The third-order valence-electron chi connectivity index (χ3n) is 5.06. The predicted octanol–water partition coefficient (Wildman–Crippen LogP) is 4.08. The number of anilines is 2. The van der Waals surface area contributed by atoms with Crippen LogP contribution in [-0.2, 0) is 3.07 Å². The molecular formula is C18H24IN3O2. The Morgan fingerprint density at radius 2 is 2.04 bits per heavy atom. The highest BCUT2D eigenvalue weighted by Crippen LogP contribution is 2.32. The van der Waals surface area contributed by atoms with E-state index in [0.29, 0.717) is 13.1 Å². The third kappa shape index (κ3) is 3.79. The molecule has 5 nitrogen and oxygen atoms in total. The van der Waals surface area contributed by atoms with Gasteiger partial charge in [0, 0.05) is 26.2 Å². The Kier molecular flexibility index (Phi) is 5.53. The number of rotatable bonds is 2. The minimum absolute atomic E-state index is 0.272. The average molecular weight is 441 g/mol. The van der Waals surface area contributed by atoms with Gasteiger partial charge in [0.25, 0.3) is 0 Å². The standard InChI is InChI=1S/C18H24IN3O2/c1-13-4-8-21(9-5-13)17-12-15(2-3-16(17)20)14-6-10-22(11-7-14)18(23)24-19/h2-3,6,12-13H,4-5,7-11,20H2,1H3. The molecule has 0 aromatic heterocycles. The van der Waals surface area contributed by atoms with Gasteiger partial charge in [-0.05, 0) is 48.4 Å². The molecule has 2 aliphatic rings. The summed E-state index contributed by atoms with van der Waals surface area (Å²) in [6, 6.07) is 6.31. The second kappa shape index (κ2) is 7.63. The van der Waals surface area contributed by atoms with Crippen LogP contribution in [0.25, 0.3) is 5.57 Å². The number of hydrogen-bond acceptors (Lipinski definition) is 4. The van der Waals surface area contributed by atoms with Crippen LogP contribution in [0, 0.1) is 5.92 Å². The fourth-order valence-electron chi connectivity index (χ4n) is 3.41. The highest BCUT2D eigenvalue weighted by atomic mass is 127. The van der Waals surface area contributed by atoms with Crippen molar-refractivity contribution >= 4 is 46.0 Å². The lowest BCUT2D eigenvalue weighted by Crippen LogP contribution is -2.34. The van der Waals surface area contributed by atoms with Crippen molar-refractivity contribution < 1.29 is 7.86 Å². The van der Waals surface area contributed by atoms with Crippen molar-refractivity contribution in [2.24, 2.45) is 5.92 Å². The highest BCUT2D eigenvalue weighted by Gasteiger charge is 2.21. The van der Waals surface area contributed by atoms with Crippen LogP contribution >= 0.6 is 23.0 Å². The Morgan fingerprint density at radius 3 is 2.67 bits per heavy atom. The lowest BCUT2D eigenvalue weighted by molar-refractivity contribution is 0.172. The maximum Gasteiger partial charge on any atom is 0.419 e. The van der Waals surface area contributed by atoms with Gasteiger partial charge in [0.2, 0.25) is 0 Å². The lowest BCUT2D eigenvalue weighted by atomic mass is 9.96. The van der Waals surface area contributed by atoms with Crippen molar-refractivity contribution in [1.82, 2.24) is 4.90 Å². The first-order chi connectivity index (χ1) is 11.6. The molecule has 24 heavy (non-hydrogen) atoms. The molecule has 1 aromatic carbocycles. The van der Waals surface area contributed by atoms with E-state index in [9.17, 15) is 4.79 Å². The van der Waals surface area contributed by atoms with Crippen molar-refractivity contribution in [3.05, 3.63) is 29.8 Å². The lowest BCUT2D eigenvalue weighted by Gasteiger charge is -2.33. The van der Waals surface area contributed by atoms with E-state index in [1.165, 1.54) is 24.0 Å². The second-order valence-corrected chi connectivity index (χ2v) is 7.15. The summed E-state index contributed by atoms with van der Waals surface area (Å²) in [6.45, 7) is 5.75. The number of carbonyl (C=O) groups excluding carboxylic acids is 1. The Morgan fingerprint density at radius 1 is 1.29 bits per heavy atom. The largest absolute Gasteiger partial charge is 0.419 e. The number of halogens is 1. The summed E-state index contributed by atoms with van der Waals surface area (Å²) in [5.74, 6) is 0.801. The summed E-state index contributed by atoms with van der Waals surface area (Å²) in [4.78, 5) is 15.7. The van der Waals surface area contributed by atoms with Crippen LogP contribution in [0.4, 0.5) is 16.2 Å². The molecule has 0 aliphatic carbocycles. The maximum absolute atomic E-state index is 11.6. The summed E-state index contributed by atoms with van der Waals surface area (Å²) in [5, 5.41) is 0. The van der Waals surface area contributed by atoms with Gasteiger partial charge >= 0.3 is 6.09 Å². The first kappa shape index (κ1) is 17.4. The average Bonchev–Trinajstić information content (AvgIpc) is 2.62. The number of nitrogen functional groups attached to an aromatic ring is 1. The second-order valence-electron chi connectivity index (χ2n) is 6.71.